The average Bonchev–Trinajstić information content (AvgIpc) is 3.34. The summed E-state index contributed by atoms with van der Waals surface area (Å²) in [7, 11) is 1.60. The number of likely N-dealkylation sites (tertiary alicyclic amines) is 1. The van der Waals surface area contributed by atoms with Gasteiger partial charge >= 0.3 is 0 Å². The second-order valence-electron chi connectivity index (χ2n) is 12.8. The van der Waals surface area contributed by atoms with E-state index in [1.165, 1.54) is 0 Å². The number of aliphatic hydroxyl groups excluding tert-OH is 1. The van der Waals surface area contributed by atoms with E-state index in [1.54, 1.807) is 23.7 Å². The maximum atomic E-state index is 14.3. The first-order valence-electron chi connectivity index (χ1n) is 12.9. The molecule has 3 N–H and O–H groups in total. The van der Waals surface area contributed by atoms with Crippen molar-refractivity contribution in [2.75, 3.05) is 13.7 Å². The summed E-state index contributed by atoms with van der Waals surface area (Å²) >= 11 is 1.64. The van der Waals surface area contributed by atoms with Crippen molar-refractivity contribution < 1.29 is 19.5 Å². The summed E-state index contributed by atoms with van der Waals surface area (Å²) in [5.41, 5.74) is 0.281. The highest BCUT2D eigenvalue weighted by atomic mass is 32.2. The first-order valence-corrected chi connectivity index (χ1v) is 13.7. The third-order valence-corrected chi connectivity index (χ3v) is 10.1. The molecule has 0 aliphatic carbocycles. The number of aliphatic hydroxyl groups is 1. The Morgan fingerprint density at radius 1 is 1.14 bits per heavy atom. The van der Waals surface area contributed by atoms with Crippen LogP contribution in [-0.4, -0.2) is 62.5 Å². The Morgan fingerprint density at radius 3 is 2.33 bits per heavy atom. The quantitative estimate of drug-likeness (QED) is 0.518. The van der Waals surface area contributed by atoms with Crippen LogP contribution in [0.4, 0.5) is 0 Å². The molecule has 1 aromatic carbocycles. The lowest BCUT2D eigenvalue weighted by molar-refractivity contribution is -0.143. The molecule has 1 spiro atoms. The third-order valence-electron chi connectivity index (χ3n) is 8.12. The van der Waals surface area contributed by atoms with Crippen LogP contribution in [0.25, 0.3) is 0 Å². The minimum atomic E-state index is -0.784. The van der Waals surface area contributed by atoms with Crippen molar-refractivity contribution in [3.8, 4) is 0 Å². The molecule has 8 heteroatoms. The molecule has 3 heterocycles. The topological polar surface area (TPSA) is 98.7 Å². The third kappa shape index (κ3) is 4.34. The molecule has 2 bridgehead atoms. The highest BCUT2D eigenvalue weighted by Gasteiger charge is 2.77. The second-order valence-corrected chi connectivity index (χ2v) is 14.7. The lowest BCUT2D eigenvalue weighted by Crippen LogP contribution is -2.59. The zero-order valence-electron chi connectivity index (χ0n) is 22.6. The maximum Gasteiger partial charge on any atom is 0.244 e. The second kappa shape index (κ2) is 9.05. The molecule has 4 rings (SSSR count). The van der Waals surface area contributed by atoms with Gasteiger partial charge in [0.2, 0.25) is 17.7 Å². The number of fused-ring (bicyclic) bond motifs is 1. The van der Waals surface area contributed by atoms with Crippen molar-refractivity contribution in [2.45, 2.75) is 87.9 Å². The Morgan fingerprint density at radius 2 is 1.78 bits per heavy atom. The number of benzene rings is 1. The molecule has 0 aromatic heterocycles. The van der Waals surface area contributed by atoms with Crippen LogP contribution in [0.15, 0.2) is 30.3 Å². The number of hydrogen-bond donors (Lipinski definition) is 3. The Bertz CT molecular complexity index is 1040. The standard InChI is InChI=1S/C28H41N3O4S/c1-25(2,3)16-26(4,5)30-23(34)21-28-14-13-27(6,36-28)19(22(33)29-7)20(28)24(35)31(21)18(15-32)17-11-9-8-10-12-17/h8-12,18-21,32H,13-16H2,1-7H3,(H,29,33)(H,30,34)/t18-,19+,20+,21?,27-,28?/m1/s1. The van der Waals surface area contributed by atoms with Gasteiger partial charge in [0.1, 0.15) is 6.04 Å². The van der Waals surface area contributed by atoms with Crippen LogP contribution in [0, 0.1) is 17.3 Å². The Hall–Kier alpha value is -2.06. The van der Waals surface area contributed by atoms with E-state index in [2.05, 4.69) is 38.3 Å². The predicted molar refractivity (Wildman–Crippen MR) is 142 cm³/mol. The molecule has 0 saturated carbocycles. The van der Waals surface area contributed by atoms with Gasteiger partial charge in [0.05, 0.1) is 29.2 Å². The number of rotatable bonds is 7. The molecular weight excluding hydrogens is 474 g/mol. The van der Waals surface area contributed by atoms with Crippen LogP contribution in [0.2, 0.25) is 0 Å². The maximum absolute atomic E-state index is 14.3. The van der Waals surface area contributed by atoms with Crippen LogP contribution < -0.4 is 10.6 Å². The molecule has 3 saturated heterocycles. The van der Waals surface area contributed by atoms with Gasteiger partial charge in [0, 0.05) is 17.3 Å². The van der Waals surface area contributed by atoms with Crippen molar-refractivity contribution in [3.05, 3.63) is 35.9 Å². The summed E-state index contributed by atoms with van der Waals surface area (Å²) in [5, 5.41) is 16.6. The van der Waals surface area contributed by atoms with E-state index < -0.39 is 39.0 Å². The minimum Gasteiger partial charge on any atom is -0.394 e. The lowest BCUT2D eigenvalue weighted by atomic mass is 9.66. The van der Waals surface area contributed by atoms with Crippen molar-refractivity contribution >= 4 is 29.5 Å². The number of carbonyl (C=O) groups excluding carboxylic acids is 3. The number of thioether (sulfide) groups is 1. The van der Waals surface area contributed by atoms with Crippen LogP contribution in [0.1, 0.15) is 72.4 Å². The number of amides is 3. The first kappa shape index (κ1) is 27.0. The fourth-order valence-electron chi connectivity index (χ4n) is 7.36. The fourth-order valence-corrected chi connectivity index (χ4v) is 9.70. The normalized spacial score (nSPS) is 32.4. The summed E-state index contributed by atoms with van der Waals surface area (Å²) in [5.74, 6) is -1.70. The summed E-state index contributed by atoms with van der Waals surface area (Å²) in [6, 6.07) is 7.92. The molecule has 3 aliphatic rings. The van der Waals surface area contributed by atoms with Gasteiger partial charge in [-0.2, -0.15) is 0 Å². The Balaban J connectivity index is 1.81. The molecule has 2 unspecified atom stereocenters. The summed E-state index contributed by atoms with van der Waals surface area (Å²) in [6.07, 6.45) is 2.20. The zero-order valence-corrected chi connectivity index (χ0v) is 23.4. The van der Waals surface area contributed by atoms with Gasteiger partial charge in [0.25, 0.3) is 0 Å². The van der Waals surface area contributed by atoms with E-state index >= 15 is 0 Å². The molecule has 198 valence electrons. The average molecular weight is 516 g/mol. The highest BCUT2D eigenvalue weighted by molar-refractivity contribution is 8.02. The zero-order chi connectivity index (χ0) is 26.7. The van der Waals surface area contributed by atoms with Gasteiger partial charge in [-0.25, -0.2) is 0 Å². The van der Waals surface area contributed by atoms with Gasteiger partial charge in [-0.15, -0.1) is 11.8 Å². The monoisotopic (exact) mass is 515 g/mol. The number of nitrogens with one attached hydrogen (secondary N) is 2. The van der Waals surface area contributed by atoms with E-state index in [-0.39, 0.29) is 29.7 Å². The smallest absolute Gasteiger partial charge is 0.244 e. The van der Waals surface area contributed by atoms with E-state index in [4.69, 9.17) is 0 Å². The van der Waals surface area contributed by atoms with Crippen molar-refractivity contribution in [3.63, 3.8) is 0 Å². The summed E-state index contributed by atoms with van der Waals surface area (Å²) in [4.78, 5) is 43.2. The van der Waals surface area contributed by atoms with E-state index in [0.29, 0.717) is 6.42 Å². The van der Waals surface area contributed by atoms with Crippen LogP contribution in [0.5, 0.6) is 0 Å². The Labute approximate surface area is 219 Å². The van der Waals surface area contributed by atoms with Crippen molar-refractivity contribution in [1.82, 2.24) is 15.5 Å². The van der Waals surface area contributed by atoms with E-state index in [1.807, 2.05) is 44.2 Å². The minimum absolute atomic E-state index is 0.00118. The SMILES string of the molecule is CNC(=O)[C@@H]1[C@H]2C(=O)N([C@H](CO)c3ccccc3)C(C(=O)NC(C)(C)CC(C)(C)C)C23CC[C@@]1(C)S3. The fraction of sp³-hybridized carbons (Fsp3) is 0.679. The lowest BCUT2D eigenvalue weighted by Gasteiger charge is -2.40. The van der Waals surface area contributed by atoms with Gasteiger partial charge < -0.3 is 20.6 Å². The van der Waals surface area contributed by atoms with E-state index in [9.17, 15) is 19.5 Å². The van der Waals surface area contributed by atoms with Gasteiger partial charge in [0.15, 0.2) is 0 Å². The van der Waals surface area contributed by atoms with Crippen LogP contribution >= 0.6 is 11.8 Å². The van der Waals surface area contributed by atoms with Crippen molar-refractivity contribution in [1.29, 1.82) is 0 Å². The van der Waals surface area contributed by atoms with E-state index in [0.717, 1.165) is 18.4 Å². The van der Waals surface area contributed by atoms with Crippen molar-refractivity contribution in [2.24, 2.45) is 17.3 Å². The van der Waals surface area contributed by atoms with Crippen LogP contribution in [0.3, 0.4) is 0 Å². The van der Waals surface area contributed by atoms with Crippen LogP contribution in [-0.2, 0) is 14.4 Å². The first-order chi connectivity index (χ1) is 16.7. The highest BCUT2D eigenvalue weighted by Crippen LogP contribution is 2.72. The number of carbonyl (C=O) groups is 3. The number of hydrogen-bond acceptors (Lipinski definition) is 5. The molecule has 6 atom stereocenters. The van der Waals surface area contributed by atoms with Gasteiger partial charge in [-0.3, -0.25) is 14.4 Å². The molecule has 3 fully saturated rings. The summed E-state index contributed by atoms with van der Waals surface area (Å²) in [6.45, 7) is 12.2. The molecule has 3 amide bonds. The van der Waals surface area contributed by atoms with Gasteiger partial charge in [-0.05, 0) is 51.0 Å². The summed E-state index contributed by atoms with van der Waals surface area (Å²) < 4.78 is -1.12. The van der Waals surface area contributed by atoms with Gasteiger partial charge in [-0.1, -0.05) is 51.1 Å². The molecular formula is C28H41N3O4S. The molecule has 1 aromatic rings. The number of nitrogens with zero attached hydrogens (tertiary/aromatic N) is 1. The molecule has 7 nitrogen and oxygen atoms in total. The predicted octanol–water partition coefficient (Wildman–Crippen LogP) is 3.28. The largest absolute Gasteiger partial charge is 0.394 e. The Kier molecular flexibility index (Phi) is 6.78. The molecule has 3 aliphatic heterocycles. The molecule has 0 radical (unpaired) electrons. The molecule has 36 heavy (non-hydrogen) atoms.